The molecule has 0 aromatic heterocycles. The van der Waals surface area contributed by atoms with E-state index in [-0.39, 0.29) is 6.04 Å². The van der Waals surface area contributed by atoms with Crippen LogP contribution in [0.1, 0.15) is 38.9 Å². The Morgan fingerprint density at radius 2 is 2.16 bits per heavy atom. The van der Waals surface area contributed by atoms with E-state index in [1.54, 1.807) is 6.07 Å². The second-order valence-electron chi connectivity index (χ2n) is 5.07. The van der Waals surface area contributed by atoms with Crippen molar-refractivity contribution in [2.45, 2.75) is 39.3 Å². The summed E-state index contributed by atoms with van der Waals surface area (Å²) >= 11 is 0. The Labute approximate surface area is 112 Å². The van der Waals surface area contributed by atoms with Crippen molar-refractivity contribution in [3.8, 4) is 0 Å². The van der Waals surface area contributed by atoms with Gasteiger partial charge in [-0.15, -0.1) is 0 Å². The van der Waals surface area contributed by atoms with Gasteiger partial charge < -0.3 is 15.3 Å². The smallest absolute Gasteiger partial charge is 0.257 e. The van der Waals surface area contributed by atoms with Crippen molar-refractivity contribution < 1.29 is 14.3 Å². The summed E-state index contributed by atoms with van der Waals surface area (Å²) in [6.45, 7) is 6.77. The van der Waals surface area contributed by atoms with Crippen LogP contribution >= 0.6 is 0 Å². The third-order valence-corrected chi connectivity index (χ3v) is 3.32. The SMILES string of the molecule is CCCN(c1cc2c(cc1F)C(O)C(=O)N2)C(C)C. The number of amides is 1. The Morgan fingerprint density at radius 1 is 1.47 bits per heavy atom. The lowest BCUT2D eigenvalue weighted by atomic mass is 10.1. The number of fused-ring (bicyclic) bond motifs is 1. The van der Waals surface area contributed by atoms with E-state index in [0.717, 1.165) is 13.0 Å². The maximum absolute atomic E-state index is 14.2. The fraction of sp³-hybridized carbons (Fsp3) is 0.500. The minimum Gasteiger partial charge on any atom is -0.378 e. The van der Waals surface area contributed by atoms with Gasteiger partial charge in [-0.3, -0.25) is 4.79 Å². The van der Waals surface area contributed by atoms with Crippen LogP contribution in [-0.2, 0) is 4.79 Å². The molecule has 0 saturated carbocycles. The third kappa shape index (κ3) is 2.42. The number of halogens is 1. The molecule has 0 aliphatic carbocycles. The number of anilines is 2. The van der Waals surface area contributed by atoms with Crippen molar-refractivity contribution >= 4 is 17.3 Å². The van der Waals surface area contributed by atoms with Crippen LogP contribution in [0.2, 0.25) is 0 Å². The number of rotatable bonds is 4. The molecule has 1 aromatic rings. The molecule has 104 valence electrons. The molecule has 1 aliphatic rings. The highest BCUT2D eigenvalue weighted by Crippen LogP contribution is 2.36. The lowest BCUT2D eigenvalue weighted by Crippen LogP contribution is -2.32. The molecule has 0 bridgehead atoms. The summed E-state index contributed by atoms with van der Waals surface area (Å²) < 4.78 is 14.2. The quantitative estimate of drug-likeness (QED) is 0.880. The van der Waals surface area contributed by atoms with Crippen molar-refractivity contribution in [1.82, 2.24) is 0 Å². The molecule has 4 nitrogen and oxygen atoms in total. The number of carbonyl (C=O) groups excluding carboxylic acids is 1. The Balaban J connectivity index is 2.43. The van der Waals surface area contributed by atoms with Gasteiger partial charge in [0.05, 0.1) is 5.69 Å². The van der Waals surface area contributed by atoms with Crippen molar-refractivity contribution in [3.63, 3.8) is 0 Å². The Kier molecular flexibility index (Phi) is 3.75. The molecule has 1 aromatic carbocycles. The Morgan fingerprint density at radius 3 is 2.74 bits per heavy atom. The topological polar surface area (TPSA) is 52.6 Å². The number of hydrogen-bond acceptors (Lipinski definition) is 3. The van der Waals surface area contributed by atoms with E-state index in [9.17, 15) is 14.3 Å². The van der Waals surface area contributed by atoms with Crippen molar-refractivity contribution in [1.29, 1.82) is 0 Å². The van der Waals surface area contributed by atoms with Crippen LogP contribution in [0.4, 0.5) is 15.8 Å². The number of aliphatic hydroxyl groups excluding tert-OH is 1. The van der Waals surface area contributed by atoms with E-state index in [2.05, 4.69) is 5.32 Å². The molecule has 0 saturated heterocycles. The number of benzene rings is 1. The van der Waals surface area contributed by atoms with E-state index >= 15 is 0 Å². The van der Waals surface area contributed by atoms with Gasteiger partial charge in [-0.25, -0.2) is 4.39 Å². The van der Waals surface area contributed by atoms with Crippen molar-refractivity contribution in [3.05, 3.63) is 23.5 Å². The van der Waals surface area contributed by atoms with Gasteiger partial charge >= 0.3 is 0 Å². The highest BCUT2D eigenvalue weighted by molar-refractivity contribution is 6.02. The number of nitrogens with zero attached hydrogens (tertiary/aromatic N) is 1. The summed E-state index contributed by atoms with van der Waals surface area (Å²) in [5, 5.41) is 12.2. The van der Waals surface area contributed by atoms with E-state index in [0.29, 0.717) is 16.9 Å². The predicted octanol–water partition coefficient (Wildman–Crippen LogP) is 2.44. The average molecular weight is 266 g/mol. The zero-order valence-corrected chi connectivity index (χ0v) is 11.4. The van der Waals surface area contributed by atoms with Crippen LogP contribution in [0.3, 0.4) is 0 Å². The largest absolute Gasteiger partial charge is 0.378 e. The molecule has 5 heteroatoms. The van der Waals surface area contributed by atoms with Crippen LogP contribution in [0.25, 0.3) is 0 Å². The summed E-state index contributed by atoms with van der Waals surface area (Å²) in [5.74, 6) is -0.908. The molecule has 1 aliphatic heterocycles. The summed E-state index contributed by atoms with van der Waals surface area (Å²) in [6, 6.07) is 3.02. The lowest BCUT2D eigenvalue weighted by Gasteiger charge is -2.29. The first-order valence-corrected chi connectivity index (χ1v) is 6.54. The monoisotopic (exact) mass is 266 g/mol. The Hall–Kier alpha value is -1.62. The fourth-order valence-electron chi connectivity index (χ4n) is 2.37. The van der Waals surface area contributed by atoms with Gasteiger partial charge in [-0.05, 0) is 32.4 Å². The Bertz CT molecular complexity index is 502. The predicted molar refractivity (Wildman–Crippen MR) is 72.8 cm³/mol. The van der Waals surface area contributed by atoms with E-state index in [1.807, 2.05) is 25.7 Å². The highest BCUT2D eigenvalue weighted by atomic mass is 19.1. The molecule has 1 amide bonds. The van der Waals surface area contributed by atoms with Gasteiger partial charge in [0.15, 0.2) is 6.10 Å². The van der Waals surface area contributed by atoms with Crippen LogP contribution in [0, 0.1) is 5.82 Å². The van der Waals surface area contributed by atoms with Gasteiger partial charge in [0, 0.05) is 23.8 Å². The van der Waals surface area contributed by atoms with Crippen LogP contribution in [0.15, 0.2) is 12.1 Å². The van der Waals surface area contributed by atoms with Gasteiger partial charge in [0.2, 0.25) is 0 Å². The van der Waals surface area contributed by atoms with Crippen LogP contribution < -0.4 is 10.2 Å². The number of aliphatic hydroxyl groups is 1. The minimum absolute atomic E-state index is 0.162. The van der Waals surface area contributed by atoms with E-state index in [1.165, 1.54) is 6.07 Å². The standard InChI is InChI=1S/C14H19FN2O2/c1-4-5-17(8(2)3)12-7-11-9(6-10(12)15)13(18)14(19)16-11/h6-8,13,18H,4-5H2,1-3H3,(H,16,19). The van der Waals surface area contributed by atoms with Crippen molar-refractivity contribution in [2.75, 3.05) is 16.8 Å². The summed E-state index contributed by atoms with van der Waals surface area (Å²) in [5.41, 5.74) is 1.27. The molecular weight excluding hydrogens is 247 g/mol. The van der Waals surface area contributed by atoms with Crippen LogP contribution in [0.5, 0.6) is 0 Å². The van der Waals surface area contributed by atoms with E-state index in [4.69, 9.17) is 0 Å². The lowest BCUT2D eigenvalue weighted by molar-refractivity contribution is -0.123. The zero-order valence-electron chi connectivity index (χ0n) is 11.4. The summed E-state index contributed by atoms with van der Waals surface area (Å²) in [6.07, 6.45) is -0.360. The molecule has 2 N–H and O–H groups in total. The average Bonchev–Trinajstić information content (AvgIpc) is 2.62. The van der Waals surface area contributed by atoms with Crippen molar-refractivity contribution in [2.24, 2.45) is 0 Å². The maximum atomic E-state index is 14.2. The second-order valence-corrected chi connectivity index (χ2v) is 5.07. The number of carbonyl (C=O) groups is 1. The van der Waals surface area contributed by atoms with Gasteiger partial charge in [-0.2, -0.15) is 0 Å². The first-order valence-electron chi connectivity index (χ1n) is 6.54. The zero-order chi connectivity index (χ0) is 14.2. The molecule has 0 fully saturated rings. The number of hydrogen-bond donors (Lipinski definition) is 2. The second kappa shape index (κ2) is 5.17. The molecule has 0 spiro atoms. The highest BCUT2D eigenvalue weighted by Gasteiger charge is 2.30. The molecule has 1 heterocycles. The van der Waals surface area contributed by atoms with Gasteiger partial charge in [0.25, 0.3) is 5.91 Å². The molecule has 0 radical (unpaired) electrons. The van der Waals surface area contributed by atoms with E-state index < -0.39 is 17.8 Å². The normalized spacial score (nSPS) is 17.6. The number of nitrogens with one attached hydrogen (secondary N) is 1. The molecule has 1 atom stereocenters. The molecule has 2 rings (SSSR count). The summed E-state index contributed by atoms with van der Waals surface area (Å²) in [7, 11) is 0. The fourth-order valence-corrected chi connectivity index (χ4v) is 2.37. The summed E-state index contributed by atoms with van der Waals surface area (Å²) in [4.78, 5) is 13.3. The molecule has 19 heavy (non-hydrogen) atoms. The van der Waals surface area contributed by atoms with Gasteiger partial charge in [-0.1, -0.05) is 6.92 Å². The molecule has 1 unspecified atom stereocenters. The van der Waals surface area contributed by atoms with Gasteiger partial charge in [0.1, 0.15) is 5.82 Å². The minimum atomic E-state index is -1.27. The molecular formula is C14H19FN2O2. The van der Waals surface area contributed by atoms with Crippen LogP contribution in [-0.4, -0.2) is 23.6 Å². The first-order chi connectivity index (χ1) is 8.95. The first kappa shape index (κ1) is 13.8. The third-order valence-electron chi connectivity index (χ3n) is 3.32. The maximum Gasteiger partial charge on any atom is 0.257 e.